The maximum atomic E-state index is 7.16. The molecule has 0 aliphatic rings. The summed E-state index contributed by atoms with van der Waals surface area (Å²) in [5.74, 6) is 0. The van der Waals surface area contributed by atoms with Crippen molar-refractivity contribution in [3.63, 3.8) is 0 Å². The summed E-state index contributed by atoms with van der Waals surface area (Å²) in [4.78, 5) is 0. The second-order valence-electron chi connectivity index (χ2n) is 2.85. The Bertz CT molecular complexity index is 422. The fourth-order valence-corrected chi connectivity index (χ4v) is 2.41. The van der Waals surface area contributed by atoms with Crippen molar-refractivity contribution < 1.29 is 1.37 Å². The third-order valence-electron chi connectivity index (χ3n) is 2.05. The van der Waals surface area contributed by atoms with Crippen molar-refractivity contribution in [2.24, 2.45) is 0 Å². The lowest BCUT2D eigenvalue weighted by Crippen LogP contribution is -2.06. The number of fused-ring (bicyclic) bond motifs is 1. The summed E-state index contributed by atoms with van der Waals surface area (Å²) >= 11 is 1.77. The quantitative estimate of drug-likeness (QED) is 0.583. The number of hydrogen-bond acceptors (Lipinski definition) is 1. The summed E-state index contributed by atoms with van der Waals surface area (Å²) in [5.41, 5.74) is 2.53. The van der Waals surface area contributed by atoms with Gasteiger partial charge in [-0.3, -0.25) is 0 Å². The molecule has 0 saturated heterocycles. The van der Waals surface area contributed by atoms with Crippen molar-refractivity contribution in [1.82, 2.24) is 0 Å². The van der Waals surface area contributed by atoms with Gasteiger partial charge >= 0.3 is 0 Å². The number of aryl methyl sites for hydroxylation is 1. The average molecular weight is 174 g/mol. The van der Waals surface area contributed by atoms with Crippen LogP contribution in [0.1, 0.15) is 6.93 Å². The van der Waals surface area contributed by atoms with E-state index in [1.807, 2.05) is 7.28 Å². The predicted octanol–water partition coefficient (Wildman–Crippen LogP) is 2.59. The molecule has 2 aromatic rings. The molecule has 2 heteroatoms. The van der Waals surface area contributed by atoms with Gasteiger partial charge in [0.1, 0.15) is 7.28 Å². The van der Waals surface area contributed by atoms with E-state index in [0.717, 1.165) is 0 Å². The van der Waals surface area contributed by atoms with E-state index in [-0.39, 0.29) is 0 Å². The second-order valence-corrected chi connectivity index (χ2v) is 3.73. The van der Waals surface area contributed by atoms with Gasteiger partial charge in [-0.25, -0.2) is 0 Å². The molecule has 0 spiro atoms. The van der Waals surface area contributed by atoms with E-state index >= 15 is 0 Å². The van der Waals surface area contributed by atoms with Gasteiger partial charge in [0.25, 0.3) is 0 Å². The first kappa shape index (κ1) is 6.73. The van der Waals surface area contributed by atoms with E-state index < -0.39 is 0 Å². The Morgan fingerprint density at radius 3 is 3.25 bits per heavy atom. The van der Waals surface area contributed by atoms with Gasteiger partial charge in [-0.15, -0.1) is 11.3 Å². The molecule has 0 unspecified atom stereocenters. The molecule has 0 fully saturated rings. The summed E-state index contributed by atoms with van der Waals surface area (Å²) in [5, 5.41) is 3.42. The fourth-order valence-electron chi connectivity index (χ4n) is 1.38. The number of thiophene rings is 1. The Morgan fingerprint density at radius 1 is 1.50 bits per heavy atom. The molecule has 0 bridgehead atoms. The minimum absolute atomic E-state index is 0.361. The highest BCUT2D eigenvalue weighted by Gasteiger charge is 2.02. The van der Waals surface area contributed by atoms with Gasteiger partial charge in [-0.1, -0.05) is 30.5 Å². The van der Waals surface area contributed by atoms with Crippen LogP contribution in [0.2, 0.25) is 6.80 Å². The Labute approximate surface area is 78.9 Å². The molecule has 1 heterocycles. The van der Waals surface area contributed by atoms with E-state index in [9.17, 15) is 0 Å². The Kier molecular flexibility index (Phi) is 1.65. The lowest BCUT2D eigenvalue weighted by atomic mass is 9.73. The molecular formula is C10H10BS. The maximum Gasteiger partial charge on any atom is 0.150 e. The molecule has 0 atom stereocenters. The summed E-state index contributed by atoms with van der Waals surface area (Å²) < 4.78 is 8.51. The first-order chi connectivity index (χ1) is 6.33. The zero-order valence-electron chi connectivity index (χ0n) is 8.00. The topological polar surface area (TPSA) is 0 Å². The van der Waals surface area contributed by atoms with Crippen LogP contribution >= 0.6 is 11.3 Å². The zero-order chi connectivity index (χ0) is 9.26. The first-order valence-electron chi connectivity index (χ1n) is 4.63. The molecule has 0 saturated carbocycles. The Morgan fingerprint density at radius 2 is 2.42 bits per heavy atom. The second kappa shape index (κ2) is 2.94. The van der Waals surface area contributed by atoms with E-state index in [0.29, 0.717) is 6.80 Å². The van der Waals surface area contributed by atoms with Crippen molar-refractivity contribution in [3.8, 4) is 0 Å². The first-order valence-corrected chi connectivity index (χ1v) is 4.80. The highest BCUT2D eigenvalue weighted by atomic mass is 32.1. The predicted molar refractivity (Wildman–Crippen MR) is 57.8 cm³/mol. The fraction of sp³-hybridized carbons (Fsp3) is 0.200. The van der Waals surface area contributed by atoms with Gasteiger partial charge in [0, 0.05) is 6.07 Å². The monoisotopic (exact) mass is 174 g/mol. The van der Waals surface area contributed by atoms with Crippen LogP contribution in [-0.2, 0) is 0 Å². The van der Waals surface area contributed by atoms with Gasteiger partial charge < -0.3 is 0 Å². The SMILES string of the molecule is [2H]C[B]c1csc2c(C)cccc12. The number of rotatable bonds is 1. The Balaban J connectivity index is 2.61. The molecule has 0 aliphatic heterocycles. The molecule has 1 radical (unpaired) electrons. The van der Waals surface area contributed by atoms with Gasteiger partial charge in [0.2, 0.25) is 0 Å². The van der Waals surface area contributed by atoms with Crippen LogP contribution in [0, 0.1) is 6.92 Å². The standard InChI is InChI=1S/C10H10BS/c1-7-4-3-5-8-9(11-2)6-12-10(7)8/h3-6H,1-2H3/i2D. The van der Waals surface area contributed by atoms with Gasteiger partial charge in [0.15, 0.2) is 0 Å². The highest BCUT2D eigenvalue weighted by Crippen LogP contribution is 2.21. The largest absolute Gasteiger partial charge is 0.150 e. The molecule has 1 aromatic heterocycles. The lowest BCUT2D eigenvalue weighted by molar-refractivity contribution is 1.56. The molecule has 0 N–H and O–H groups in total. The maximum absolute atomic E-state index is 7.16. The van der Waals surface area contributed by atoms with E-state index in [4.69, 9.17) is 1.37 Å². The molecular weight excluding hydrogens is 163 g/mol. The lowest BCUT2D eigenvalue weighted by Gasteiger charge is -1.95. The summed E-state index contributed by atoms with van der Waals surface area (Å²) in [6.45, 7) is 2.49. The van der Waals surface area contributed by atoms with Crippen LogP contribution in [0.15, 0.2) is 23.6 Å². The summed E-state index contributed by atoms with van der Waals surface area (Å²) in [6, 6.07) is 6.33. The molecule has 0 amide bonds. The van der Waals surface area contributed by atoms with E-state index in [2.05, 4.69) is 30.5 Å². The average Bonchev–Trinajstić information content (AvgIpc) is 2.51. The van der Waals surface area contributed by atoms with Crippen LogP contribution in [0.4, 0.5) is 0 Å². The zero-order valence-corrected chi connectivity index (χ0v) is 7.82. The number of hydrogen-bond donors (Lipinski definition) is 0. The van der Waals surface area contributed by atoms with Crippen molar-refractivity contribution in [3.05, 3.63) is 29.1 Å². The molecule has 2 rings (SSSR count). The molecule has 0 nitrogen and oxygen atoms in total. The van der Waals surface area contributed by atoms with Crippen molar-refractivity contribution in [2.45, 2.75) is 13.7 Å². The van der Waals surface area contributed by atoms with Crippen molar-refractivity contribution in [2.75, 3.05) is 0 Å². The van der Waals surface area contributed by atoms with Crippen LogP contribution in [0.25, 0.3) is 10.1 Å². The van der Waals surface area contributed by atoms with Crippen molar-refractivity contribution >= 4 is 34.2 Å². The van der Waals surface area contributed by atoms with Gasteiger partial charge in [-0.05, 0) is 23.3 Å². The summed E-state index contributed by atoms with van der Waals surface area (Å²) in [7, 11) is 1.96. The summed E-state index contributed by atoms with van der Waals surface area (Å²) in [6.07, 6.45) is 0. The molecule has 59 valence electrons. The highest BCUT2D eigenvalue weighted by molar-refractivity contribution is 7.18. The van der Waals surface area contributed by atoms with Gasteiger partial charge in [0.05, 0.1) is 0 Å². The normalized spacial score (nSPS) is 11.6. The van der Waals surface area contributed by atoms with Crippen LogP contribution in [0.5, 0.6) is 0 Å². The Hall–Kier alpha value is -0.755. The number of benzene rings is 1. The minimum atomic E-state index is 0.361. The molecule has 1 aromatic carbocycles. The molecule has 0 aliphatic carbocycles. The van der Waals surface area contributed by atoms with Crippen LogP contribution in [0.3, 0.4) is 0 Å². The third-order valence-corrected chi connectivity index (χ3v) is 3.20. The van der Waals surface area contributed by atoms with E-state index in [1.165, 1.54) is 21.1 Å². The van der Waals surface area contributed by atoms with Crippen LogP contribution in [-0.4, -0.2) is 7.28 Å². The van der Waals surface area contributed by atoms with Crippen LogP contribution < -0.4 is 5.46 Å². The van der Waals surface area contributed by atoms with Crippen molar-refractivity contribution in [1.29, 1.82) is 0 Å². The third kappa shape index (κ3) is 1.07. The van der Waals surface area contributed by atoms with E-state index in [1.54, 1.807) is 11.3 Å². The molecule has 12 heavy (non-hydrogen) atoms. The minimum Gasteiger partial charge on any atom is -0.144 e. The smallest absolute Gasteiger partial charge is 0.144 e. The van der Waals surface area contributed by atoms with Gasteiger partial charge in [-0.2, -0.15) is 0 Å².